The average Bonchev–Trinajstić information content (AvgIpc) is 2.67. The van der Waals surface area contributed by atoms with Gasteiger partial charge in [-0.25, -0.2) is 0 Å². The summed E-state index contributed by atoms with van der Waals surface area (Å²) in [7, 11) is 0. The van der Waals surface area contributed by atoms with E-state index in [4.69, 9.17) is 0 Å². The number of carbonyl (C=O) groups excluding carboxylic acids is 1. The van der Waals surface area contributed by atoms with E-state index in [1.165, 1.54) is 0 Å². The summed E-state index contributed by atoms with van der Waals surface area (Å²) in [6.07, 6.45) is 3.89. The average molecular weight is 516 g/mol. The van der Waals surface area contributed by atoms with Crippen LogP contribution in [-0.4, -0.2) is 48.3 Å². The van der Waals surface area contributed by atoms with Gasteiger partial charge in [-0.3, -0.25) is 9.79 Å². The Morgan fingerprint density at radius 2 is 1.97 bits per heavy atom. The second kappa shape index (κ2) is 13.8. The minimum Gasteiger partial charge on any atom is -0.391 e. The molecule has 2 rings (SSSR count). The first kappa shape index (κ1) is 25.7. The molecule has 1 aliphatic carbocycles. The van der Waals surface area contributed by atoms with Gasteiger partial charge in [0.25, 0.3) is 0 Å². The van der Waals surface area contributed by atoms with Crippen molar-refractivity contribution in [1.82, 2.24) is 16.0 Å². The second-order valence-electron chi connectivity index (χ2n) is 7.93. The van der Waals surface area contributed by atoms with Crippen molar-refractivity contribution >= 4 is 35.8 Å². The number of aliphatic hydroxyl groups excluding tert-OH is 1. The molecular weight excluding hydrogens is 479 g/mol. The highest BCUT2D eigenvalue weighted by molar-refractivity contribution is 14.0. The van der Waals surface area contributed by atoms with E-state index in [0.29, 0.717) is 18.9 Å². The maximum absolute atomic E-state index is 12.3. The van der Waals surface area contributed by atoms with Gasteiger partial charge in [-0.05, 0) is 45.6 Å². The highest BCUT2D eigenvalue weighted by Gasteiger charge is 2.28. The molecule has 7 heteroatoms. The number of carbonyl (C=O) groups is 1. The van der Waals surface area contributed by atoms with Crippen LogP contribution in [0, 0.1) is 5.92 Å². The van der Waals surface area contributed by atoms with E-state index in [1.54, 1.807) is 0 Å². The Labute approximate surface area is 192 Å². The topological polar surface area (TPSA) is 85.8 Å². The minimum atomic E-state index is -0.520. The molecule has 1 aromatic rings. The van der Waals surface area contributed by atoms with Crippen LogP contribution in [0.4, 0.5) is 0 Å². The van der Waals surface area contributed by atoms with E-state index in [2.05, 4.69) is 20.9 Å². The van der Waals surface area contributed by atoms with Crippen molar-refractivity contribution in [3.05, 3.63) is 35.9 Å². The van der Waals surface area contributed by atoms with E-state index in [9.17, 15) is 9.90 Å². The molecule has 0 radical (unpaired) electrons. The third kappa shape index (κ3) is 9.80. The van der Waals surface area contributed by atoms with E-state index >= 15 is 0 Å². The molecule has 0 heterocycles. The fourth-order valence-electron chi connectivity index (χ4n) is 3.62. The number of hydrogen-bond donors (Lipinski definition) is 4. The number of amides is 1. The van der Waals surface area contributed by atoms with Crippen molar-refractivity contribution in [3.63, 3.8) is 0 Å². The summed E-state index contributed by atoms with van der Waals surface area (Å²) in [5.41, 5.74) is 1.11. The van der Waals surface area contributed by atoms with Crippen molar-refractivity contribution in [3.8, 4) is 0 Å². The van der Waals surface area contributed by atoms with Gasteiger partial charge in [-0.1, -0.05) is 36.8 Å². The van der Waals surface area contributed by atoms with Crippen LogP contribution in [-0.2, 0) is 11.2 Å². The maximum Gasteiger partial charge on any atom is 0.223 e. The van der Waals surface area contributed by atoms with Crippen LogP contribution in [0.2, 0.25) is 0 Å². The van der Waals surface area contributed by atoms with Crippen LogP contribution >= 0.6 is 24.0 Å². The first-order chi connectivity index (χ1) is 13.5. The number of benzene rings is 1. The molecule has 3 atom stereocenters. The standard InChI is InChI=1S/C22H36N4O2.HI/c1-4-23-22(24-15-20(27)13-17-9-6-5-7-10-17)26-19-12-8-11-18(14-19)21(28)25-16(2)3;/h5-7,9-10,16,18-20,27H,4,8,11-15H2,1-3H3,(H,25,28)(H2,23,24,26);1H. The first-order valence-corrected chi connectivity index (χ1v) is 10.5. The highest BCUT2D eigenvalue weighted by Crippen LogP contribution is 2.24. The molecule has 1 aromatic carbocycles. The lowest BCUT2D eigenvalue weighted by atomic mass is 9.85. The van der Waals surface area contributed by atoms with Crippen molar-refractivity contribution in [2.24, 2.45) is 10.9 Å². The molecule has 0 aromatic heterocycles. The van der Waals surface area contributed by atoms with Crippen molar-refractivity contribution < 1.29 is 9.90 Å². The summed E-state index contributed by atoms with van der Waals surface area (Å²) in [4.78, 5) is 16.9. The fraction of sp³-hybridized carbons (Fsp3) is 0.636. The van der Waals surface area contributed by atoms with Gasteiger partial charge in [-0.2, -0.15) is 0 Å². The Bertz CT molecular complexity index is 624. The lowest BCUT2D eigenvalue weighted by molar-refractivity contribution is -0.126. The molecule has 29 heavy (non-hydrogen) atoms. The van der Waals surface area contributed by atoms with Gasteiger partial charge in [0.1, 0.15) is 0 Å². The summed E-state index contributed by atoms with van der Waals surface area (Å²) in [6, 6.07) is 10.4. The Kier molecular flexibility index (Phi) is 12.2. The molecule has 164 valence electrons. The monoisotopic (exact) mass is 516 g/mol. The normalized spacial score (nSPS) is 20.5. The molecule has 1 aliphatic rings. The highest BCUT2D eigenvalue weighted by atomic mass is 127. The number of hydrogen-bond acceptors (Lipinski definition) is 3. The third-order valence-electron chi connectivity index (χ3n) is 4.94. The summed E-state index contributed by atoms with van der Waals surface area (Å²) in [5.74, 6) is 0.923. The number of aliphatic imine (C=N–C) groups is 1. The summed E-state index contributed by atoms with van der Waals surface area (Å²) < 4.78 is 0. The Hall–Kier alpha value is -1.35. The van der Waals surface area contributed by atoms with Crippen LogP contribution in [0.3, 0.4) is 0 Å². The van der Waals surface area contributed by atoms with Gasteiger partial charge in [0.2, 0.25) is 5.91 Å². The molecule has 6 nitrogen and oxygen atoms in total. The van der Waals surface area contributed by atoms with Gasteiger partial charge in [0.05, 0.1) is 12.6 Å². The number of guanidine groups is 1. The van der Waals surface area contributed by atoms with E-state index < -0.39 is 6.10 Å². The zero-order chi connectivity index (χ0) is 20.4. The van der Waals surface area contributed by atoms with Crippen molar-refractivity contribution in [2.75, 3.05) is 13.1 Å². The molecule has 4 N–H and O–H groups in total. The minimum absolute atomic E-state index is 0. The molecule has 1 amide bonds. The van der Waals surface area contributed by atoms with Crippen molar-refractivity contribution in [2.45, 2.75) is 71.1 Å². The van der Waals surface area contributed by atoms with Gasteiger partial charge in [0.15, 0.2) is 5.96 Å². The molecule has 1 saturated carbocycles. The van der Waals surface area contributed by atoms with E-state index in [0.717, 1.165) is 37.8 Å². The van der Waals surface area contributed by atoms with E-state index in [1.807, 2.05) is 51.1 Å². The number of nitrogens with one attached hydrogen (secondary N) is 3. The largest absolute Gasteiger partial charge is 0.391 e. The number of rotatable bonds is 8. The Balaban J connectivity index is 0.00000420. The van der Waals surface area contributed by atoms with Gasteiger partial charge >= 0.3 is 0 Å². The predicted octanol–water partition coefficient (Wildman–Crippen LogP) is 2.85. The number of nitrogens with zero attached hydrogens (tertiary/aromatic N) is 1. The number of aliphatic hydroxyl groups is 1. The zero-order valence-electron chi connectivity index (χ0n) is 17.9. The van der Waals surface area contributed by atoms with E-state index in [-0.39, 0.29) is 47.9 Å². The maximum atomic E-state index is 12.3. The molecule has 3 unspecified atom stereocenters. The summed E-state index contributed by atoms with van der Waals surface area (Å²) >= 11 is 0. The number of halogens is 1. The fourth-order valence-corrected chi connectivity index (χ4v) is 3.62. The predicted molar refractivity (Wildman–Crippen MR) is 130 cm³/mol. The van der Waals surface area contributed by atoms with Crippen LogP contribution < -0.4 is 16.0 Å². The molecule has 0 aliphatic heterocycles. The Morgan fingerprint density at radius 3 is 2.62 bits per heavy atom. The molecular formula is C22H37IN4O2. The van der Waals surface area contributed by atoms with Crippen LogP contribution in [0.1, 0.15) is 52.0 Å². The smallest absolute Gasteiger partial charge is 0.223 e. The van der Waals surface area contributed by atoms with Crippen LogP contribution in [0.15, 0.2) is 35.3 Å². The summed E-state index contributed by atoms with van der Waals surface area (Å²) in [6.45, 7) is 7.11. The quantitative estimate of drug-likeness (QED) is 0.243. The van der Waals surface area contributed by atoms with Gasteiger partial charge < -0.3 is 21.1 Å². The van der Waals surface area contributed by atoms with Gasteiger partial charge in [-0.15, -0.1) is 24.0 Å². The van der Waals surface area contributed by atoms with Crippen LogP contribution in [0.5, 0.6) is 0 Å². The van der Waals surface area contributed by atoms with Crippen LogP contribution in [0.25, 0.3) is 0 Å². The summed E-state index contributed by atoms with van der Waals surface area (Å²) in [5, 5.41) is 20.1. The lowest BCUT2D eigenvalue weighted by Crippen LogP contribution is -2.47. The first-order valence-electron chi connectivity index (χ1n) is 10.5. The lowest BCUT2D eigenvalue weighted by Gasteiger charge is -2.30. The zero-order valence-corrected chi connectivity index (χ0v) is 20.2. The van der Waals surface area contributed by atoms with Crippen molar-refractivity contribution in [1.29, 1.82) is 0 Å². The second-order valence-corrected chi connectivity index (χ2v) is 7.93. The van der Waals surface area contributed by atoms with Gasteiger partial charge in [0, 0.05) is 31.0 Å². The SMILES string of the molecule is CCNC(=NCC(O)Cc1ccccc1)NC1CCCC(C(=O)NC(C)C)C1.I. The molecule has 1 fully saturated rings. The molecule has 0 spiro atoms. The molecule has 0 bridgehead atoms. The Morgan fingerprint density at radius 1 is 1.24 bits per heavy atom. The molecule has 0 saturated heterocycles. The third-order valence-corrected chi connectivity index (χ3v) is 4.94.